The lowest BCUT2D eigenvalue weighted by molar-refractivity contribution is -0.228. The van der Waals surface area contributed by atoms with E-state index in [1.54, 1.807) is 11.1 Å². The Balaban J connectivity index is 1.67. The zero-order valence-electron chi connectivity index (χ0n) is 26.6. The number of carbonyl (C=O) groups is 1. The quantitative estimate of drug-likeness (QED) is 0.209. The van der Waals surface area contributed by atoms with E-state index in [0.29, 0.717) is 34.9 Å². The molecule has 0 aromatic heterocycles. The fourth-order valence-corrected chi connectivity index (χ4v) is 12.0. The Morgan fingerprint density at radius 1 is 0.921 bits per heavy atom. The zero-order valence-corrected chi connectivity index (χ0v) is 28.6. The van der Waals surface area contributed by atoms with Crippen molar-refractivity contribution in [3.63, 3.8) is 0 Å². The highest BCUT2D eigenvalue weighted by Crippen LogP contribution is 2.68. The maximum absolute atomic E-state index is 12.4. The summed E-state index contributed by atoms with van der Waals surface area (Å²) < 4.78 is 14.6. The van der Waals surface area contributed by atoms with Crippen molar-refractivity contribution in [3.8, 4) is 0 Å². The van der Waals surface area contributed by atoms with Crippen LogP contribution in [0, 0.1) is 40.4 Å². The van der Waals surface area contributed by atoms with Crippen LogP contribution in [-0.2, 0) is 13.6 Å². The van der Waals surface area contributed by atoms with Crippen LogP contribution < -0.4 is 0 Å². The predicted octanol–water partition coefficient (Wildman–Crippen LogP) is 9.53. The highest BCUT2D eigenvalue weighted by molar-refractivity contribution is 6.71. The Morgan fingerprint density at radius 2 is 1.55 bits per heavy atom. The summed E-state index contributed by atoms with van der Waals surface area (Å²) in [4.78, 5) is 12.4. The van der Waals surface area contributed by atoms with Gasteiger partial charge in [-0.05, 0) is 113 Å². The lowest BCUT2D eigenvalue weighted by Gasteiger charge is -2.63. The predicted molar refractivity (Wildman–Crippen MR) is 165 cm³/mol. The van der Waals surface area contributed by atoms with Crippen LogP contribution in [0.1, 0.15) is 92.4 Å². The molecular weight excluding hydrogens is 501 g/mol. The van der Waals surface area contributed by atoms with E-state index in [1.165, 1.54) is 32.1 Å². The summed E-state index contributed by atoms with van der Waals surface area (Å²) in [6.45, 7) is 25.7. The van der Waals surface area contributed by atoms with E-state index in [1.807, 2.05) is 13.8 Å². The molecular formula is C33H58O3Si2. The van der Waals surface area contributed by atoms with Gasteiger partial charge in [-0.2, -0.15) is 0 Å². The van der Waals surface area contributed by atoms with Crippen molar-refractivity contribution in [2.45, 2.75) is 137 Å². The van der Waals surface area contributed by atoms with Crippen molar-refractivity contribution in [1.29, 1.82) is 0 Å². The summed E-state index contributed by atoms with van der Waals surface area (Å²) in [6.07, 6.45) is 15.3. The van der Waals surface area contributed by atoms with E-state index in [0.717, 1.165) is 25.7 Å². The van der Waals surface area contributed by atoms with E-state index in [2.05, 4.69) is 72.2 Å². The third kappa shape index (κ3) is 5.40. The molecule has 0 amide bonds. The van der Waals surface area contributed by atoms with E-state index < -0.39 is 22.4 Å². The van der Waals surface area contributed by atoms with E-state index in [4.69, 9.17) is 8.85 Å². The molecule has 3 fully saturated rings. The lowest BCUT2D eigenvalue weighted by Crippen LogP contribution is -2.65. The monoisotopic (exact) mass is 558 g/mol. The molecule has 4 aliphatic rings. The molecule has 0 N–H and O–H groups in total. The fraction of sp³-hybridized carbons (Fsp3) is 0.848. The highest BCUT2D eigenvalue weighted by atomic mass is 28.4. The summed E-state index contributed by atoms with van der Waals surface area (Å²) in [5.74, 6) is 2.54. The van der Waals surface area contributed by atoms with Gasteiger partial charge in [-0.3, -0.25) is 4.79 Å². The summed E-state index contributed by atoms with van der Waals surface area (Å²) in [5.41, 5.74) is 3.52. The molecule has 38 heavy (non-hydrogen) atoms. The minimum absolute atomic E-state index is 0.0926. The standard InChI is InChI=1S/C33H58O3Si2/c1-23(2)30(34)19-14-24(3)27-17-18-28-26-16-15-25-13-12-21-33(35-37(6,7)8,36-38(9,10)11)32(25,5)29(26)20-22-31(27,28)4/h15-16,23-24,27-29H,12-14,17-22H2,1-11H3/t24-,27-,28+,29+,31-,32+/m1/s1. The minimum Gasteiger partial charge on any atom is -0.391 e. The summed E-state index contributed by atoms with van der Waals surface area (Å²) in [6, 6.07) is 0. The Kier molecular flexibility index (Phi) is 8.34. The first-order valence-electron chi connectivity index (χ1n) is 15.8. The van der Waals surface area contributed by atoms with Gasteiger partial charge < -0.3 is 8.85 Å². The van der Waals surface area contributed by atoms with Crippen LogP contribution in [0.2, 0.25) is 39.3 Å². The number of rotatable bonds is 9. The fourth-order valence-electron chi connectivity index (χ4n) is 9.23. The van der Waals surface area contributed by atoms with Crippen LogP contribution in [0.3, 0.4) is 0 Å². The van der Waals surface area contributed by atoms with Crippen LogP contribution in [0.4, 0.5) is 0 Å². The van der Waals surface area contributed by atoms with Crippen LogP contribution in [-0.4, -0.2) is 28.2 Å². The molecule has 0 aliphatic heterocycles. The molecule has 0 bridgehead atoms. The maximum Gasteiger partial charge on any atom is 0.187 e. The molecule has 5 heteroatoms. The number of ketones is 1. The number of hydrogen-bond acceptors (Lipinski definition) is 3. The van der Waals surface area contributed by atoms with Crippen LogP contribution in [0.25, 0.3) is 0 Å². The Bertz CT molecular complexity index is 952. The van der Waals surface area contributed by atoms with E-state index in [-0.39, 0.29) is 11.3 Å². The van der Waals surface area contributed by atoms with Gasteiger partial charge >= 0.3 is 0 Å². The third-order valence-electron chi connectivity index (χ3n) is 10.9. The Labute approximate surface area is 236 Å². The highest BCUT2D eigenvalue weighted by Gasteiger charge is 2.65. The average molecular weight is 559 g/mol. The smallest absolute Gasteiger partial charge is 0.187 e. The number of carbonyl (C=O) groups excluding carboxylic acids is 1. The van der Waals surface area contributed by atoms with Gasteiger partial charge in [0.2, 0.25) is 0 Å². The molecule has 4 rings (SSSR count). The summed E-state index contributed by atoms with van der Waals surface area (Å²) in [5, 5.41) is 0. The Hall–Kier alpha value is -0.496. The molecule has 0 spiro atoms. The molecule has 0 unspecified atom stereocenters. The van der Waals surface area contributed by atoms with Crippen LogP contribution in [0.15, 0.2) is 23.3 Å². The second-order valence-electron chi connectivity index (χ2n) is 16.1. The van der Waals surface area contributed by atoms with Gasteiger partial charge in [0.05, 0.1) is 0 Å². The minimum atomic E-state index is -1.87. The molecule has 3 saturated carbocycles. The van der Waals surface area contributed by atoms with Crippen LogP contribution >= 0.6 is 0 Å². The van der Waals surface area contributed by atoms with Gasteiger partial charge in [-0.25, -0.2) is 0 Å². The molecule has 0 aromatic carbocycles. The Morgan fingerprint density at radius 3 is 2.13 bits per heavy atom. The van der Waals surface area contributed by atoms with Gasteiger partial charge in [0.25, 0.3) is 0 Å². The van der Waals surface area contributed by atoms with Crippen molar-refractivity contribution in [2.75, 3.05) is 0 Å². The molecule has 0 saturated heterocycles. The molecule has 216 valence electrons. The maximum atomic E-state index is 12.4. The van der Waals surface area contributed by atoms with Gasteiger partial charge in [0, 0.05) is 24.2 Å². The van der Waals surface area contributed by atoms with Crippen molar-refractivity contribution in [3.05, 3.63) is 23.3 Å². The van der Waals surface area contributed by atoms with Gasteiger partial charge in [-0.1, -0.05) is 57.9 Å². The normalized spacial score (nSPS) is 35.6. The lowest BCUT2D eigenvalue weighted by atomic mass is 9.48. The van der Waals surface area contributed by atoms with Crippen molar-refractivity contribution < 1.29 is 13.6 Å². The van der Waals surface area contributed by atoms with E-state index >= 15 is 0 Å². The number of hydrogen-bond donors (Lipinski definition) is 0. The average Bonchev–Trinajstić information content (AvgIpc) is 3.13. The SMILES string of the molecule is CC(C)C(=O)CC[C@@H](C)[C@H]1CC[C@H]2C3=CC=C4CCCC(O[Si](C)(C)C)(O[Si](C)(C)C)[C@]4(C)[C@H]3CC[C@]12C. The number of allylic oxidation sites excluding steroid dienone is 3. The number of Topliss-reactive ketones (excluding diaryl/α,β-unsaturated/α-hetero) is 1. The largest absolute Gasteiger partial charge is 0.391 e. The zero-order chi connectivity index (χ0) is 28.3. The molecule has 0 radical (unpaired) electrons. The third-order valence-corrected chi connectivity index (χ3v) is 12.8. The second-order valence-corrected chi connectivity index (χ2v) is 24.9. The van der Waals surface area contributed by atoms with Crippen molar-refractivity contribution in [1.82, 2.24) is 0 Å². The topological polar surface area (TPSA) is 35.5 Å². The molecule has 0 heterocycles. The van der Waals surface area contributed by atoms with Crippen LogP contribution in [0.5, 0.6) is 0 Å². The first-order valence-corrected chi connectivity index (χ1v) is 22.6. The first kappa shape index (κ1) is 30.5. The summed E-state index contributed by atoms with van der Waals surface area (Å²) in [7, 11) is -3.74. The van der Waals surface area contributed by atoms with E-state index in [9.17, 15) is 4.79 Å². The first-order chi connectivity index (χ1) is 17.4. The number of fused-ring (bicyclic) bond motifs is 5. The van der Waals surface area contributed by atoms with Crippen molar-refractivity contribution >= 4 is 22.4 Å². The summed E-state index contributed by atoms with van der Waals surface area (Å²) >= 11 is 0. The van der Waals surface area contributed by atoms with Crippen molar-refractivity contribution in [2.24, 2.45) is 40.4 Å². The van der Waals surface area contributed by atoms with Gasteiger partial charge in [0.15, 0.2) is 22.4 Å². The van der Waals surface area contributed by atoms with Gasteiger partial charge in [0.1, 0.15) is 5.78 Å². The molecule has 4 aliphatic carbocycles. The van der Waals surface area contributed by atoms with Gasteiger partial charge in [-0.15, -0.1) is 0 Å². The molecule has 0 aromatic rings. The second kappa shape index (κ2) is 10.4. The molecule has 3 nitrogen and oxygen atoms in total. The molecule has 6 atom stereocenters.